The first-order valence-electron chi connectivity index (χ1n) is 5.83. The van der Waals surface area contributed by atoms with Gasteiger partial charge in [0.05, 0.1) is 0 Å². The monoisotopic (exact) mass is 220 g/mol. The topological polar surface area (TPSA) is 55.1 Å². The summed E-state index contributed by atoms with van der Waals surface area (Å²) in [6.45, 7) is 2.55. The van der Waals surface area contributed by atoms with Crippen molar-refractivity contribution in [3.63, 3.8) is 0 Å². The van der Waals surface area contributed by atoms with Gasteiger partial charge in [0.15, 0.2) is 5.78 Å². The molecule has 88 valence electrons. The van der Waals surface area contributed by atoms with Gasteiger partial charge in [-0.15, -0.1) is 0 Å². The zero-order valence-electron chi connectivity index (χ0n) is 9.61. The lowest BCUT2D eigenvalue weighted by Gasteiger charge is -2.03. The van der Waals surface area contributed by atoms with E-state index >= 15 is 0 Å². The summed E-state index contributed by atoms with van der Waals surface area (Å²) in [6.07, 6.45) is 2.49. The molecule has 1 aromatic rings. The number of rotatable bonds is 8. The molecule has 1 rings (SSSR count). The van der Waals surface area contributed by atoms with Gasteiger partial charge in [0.2, 0.25) is 0 Å². The van der Waals surface area contributed by atoms with Crippen molar-refractivity contribution in [3.05, 3.63) is 35.9 Å². The van der Waals surface area contributed by atoms with Crippen LogP contribution in [-0.2, 0) is 0 Å². The van der Waals surface area contributed by atoms with Gasteiger partial charge in [0.25, 0.3) is 0 Å². The van der Waals surface area contributed by atoms with Crippen LogP contribution in [0.3, 0.4) is 0 Å². The third kappa shape index (κ3) is 5.05. The highest BCUT2D eigenvalue weighted by Gasteiger charge is 2.03. The highest BCUT2D eigenvalue weighted by molar-refractivity contribution is 5.95. The molecular weight excluding hydrogens is 200 g/mol. The Hall–Kier alpha value is -1.19. The fourth-order valence-corrected chi connectivity index (χ4v) is 1.49. The molecule has 0 aromatic heterocycles. The Kier molecular flexibility index (Phi) is 6.45. The molecule has 1 aromatic carbocycles. The zero-order chi connectivity index (χ0) is 11.6. The van der Waals surface area contributed by atoms with Crippen LogP contribution < -0.4 is 11.1 Å². The number of carbonyl (C=O) groups excluding carboxylic acids is 1. The number of ketones is 1. The largest absolute Gasteiger partial charge is 0.330 e. The van der Waals surface area contributed by atoms with Gasteiger partial charge in [-0.25, -0.2) is 0 Å². The molecule has 16 heavy (non-hydrogen) atoms. The summed E-state index contributed by atoms with van der Waals surface area (Å²) in [5.74, 6) is 0.223. The number of nitrogens with one attached hydrogen (secondary N) is 1. The van der Waals surface area contributed by atoms with Crippen LogP contribution in [0.5, 0.6) is 0 Å². The molecule has 0 radical (unpaired) electrons. The van der Waals surface area contributed by atoms with Crippen LogP contribution in [0.4, 0.5) is 0 Å². The third-order valence-electron chi connectivity index (χ3n) is 2.41. The maximum Gasteiger partial charge on any atom is 0.162 e. The Morgan fingerprint density at radius 2 is 1.81 bits per heavy atom. The quantitative estimate of drug-likeness (QED) is 0.516. The maximum absolute atomic E-state index is 11.7. The summed E-state index contributed by atoms with van der Waals surface area (Å²) >= 11 is 0. The van der Waals surface area contributed by atoms with Crippen molar-refractivity contribution in [1.82, 2.24) is 5.32 Å². The Bertz CT molecular complexity index is 298. The average Bonchev–Trinajstić information content (AvgIpc) is 2.34. The molecule has 3 nitrogen and oxygen atoms in total. The van der Waals surface area contributed by atoms with Crippen molar-refractivity contribution in [2.45, 2.75) is 19.3 Å². The Balaban J connectivity index is 2.12. The normalized spacial score (nSPS) is 10.3. The van der Waals surface area contributed by atoms with Crippen molar-refractivity contribution < 1.29 is 4.79 Å². The van der Waals surface area contributed by atoms with Gasteiger partial charge >= 0.3 is 0 Å². The minimum atomic E-state index is 0.223. The fraction of sp³-hybridized carbons (Fsp3) is 0.462. The first kappa shape index (κ1) is 12.9. The number of hydrogen-bond acceptors (Lipinski definition) is 3. The lowest BCUT2D eigenvalue weighted by Crippen LogP contribution is -2.20. The van der Waals surface area contributed by atoms with E-state index < -0.39 is 0 Å². The molecule has 0 heterocycles. The molecule has 0 aliphatic carbocycles. The van der Waals surface area contributed by atoms with Crippen LogP contribution in [0, 0.1) is 0 Å². The van der Waals surface area contributed by atoms with Crippen LogP contribution >= 0.6 is 0 Å². The van der Waals surface area contributed by atoms with Gasteiger partial charge in [-0.1, -0.05) is 30.3 Å². The van der Waals surface area contributed by atoms with Crippen molar-refractivity contribution in [2.24, 2.45) is 5.73 Å². The molecule has 3 heteroatoms. The van der Waals surface area contributed by atoms with Gasteiger partial charge in [-0.3, -0.25) is 4.79 Å². The SMILES string of the molecule is NCCCNCCCC(=O)c1ccccc1. The molecular formula is C13H20N2O. The van der Waals surface area contributed by atoms with E-state index in [1.54, 1.807) is 0 Å². The second-order valence-corrected chi connectivity index (χ2v) is 3.78. The molecule has 0 amide bonds. The number of Topliss-reactive ketones (excluding diaryl/α,β-unsaturated/α-hetero) is 1. The molecule has 0 aliphatic heterocycles. The van der Waals surface area contributed by atoms with Crippen LogP contribution in [0.1, 0.15) is 29.6 Å². The summed E-state index contributed by atoms with van der Waals surface area (Å²) < 4.78 is 0. The lowest BCUT2D eigenvalue weighted by molar-refractivity contribution is 0.0980. The summed E-state index contributed by atoms with van der Waals surface area (Å²) in [5.41, 5.74) is 6.18. The number of nitrogens with two attached hydrogens (primary N) is 1. The molecule has 0 unspecified atom stereocenters. The summed E-state index contributed by atoms with van der Waals surface area (Å²) in [6, 6.07) is 9.44. The molecule has 0 fully saturated rings. The molecule has 0 bridgehead atoms. The Morgan fingerprint density at radius 3 is 2.50 bits per heavy atom. The van der Waals surface area contributed by atoms with E-state index in [1.807, 2.05) is 30.3 Å². The lowest BCUT2D eigenvalue weighted by atomic mass is 10.1. The summed E-state index contributed by atoms with van der Waals surface area (Å²) in [4.78, 5) is 11.7. The maximum atomic E-state index is 11.7. The fourth-order valence-electron chi connectivity index (χ4n) is 1.49. The van der Waals surface area contributed by atoms with Crippen LogP contribution in [0.15, 0.2) is 30.3 Å². The zero-order valence-corrected chi connectivity index (χ0v) is 9.61. The van der Waals surface area contributed by atoms with Crippen molar-refractivity contribution in [2.75, 3.05) is 19.6 Å². The number of benzene rings is 1. The predicted octanol–water partition coefficient (Wildman–Crippen LogP) is 1.59. The number of hydrogen-bond donors (Lipinski definition) is 2. The van der Waals surface area contributed by atoms with Gasteiger partial charge in [0.1, 0.15) is 0 Å². The van der Waals surface area contributed by atoms with E-state index in [2.05, 4.69) is 5.32 Å². The van der Waals surface area contributed by atoms with Gasteiger partial charge in [0, 0.05) is 12.0 Å². The van der Waals surface area contributed by atoms with Gasteiger partial charge in [-0.05, 0) is 32.5 Å². The first-order chi connectivity index (χ1) is 7.84. The second-order valence-electron chi connectivity index (χ2n) is 3.78. The van der Waals surface area contributed by atoms with Gasteiger partial charge in [-0.2, -0.15) is 0 Å². The van der Waals surface area contributed by atoms with Crippen molar-refractivity contribution >= 4 is 5.78 Å². The molecule has 0 atom stereocenters. The van der Waals surface area contributed by atoms with E-state index in [0.29, 0.717) is 6.42 Å². The molecule has 0 spiro atoms. The molecule has 0 saturated carbocycles. The van der Waals surface area contributed by atoms with Gasteiger partial charge < -0.3 is 11.1 Å². The van der Waals surface area contributed by atoms with Crippen LogP contribution in [0.25, 0.3) is 0 Å². The van der Waals surface area contributed by atoms with E-state index in [4.69, 9.17) is 5.73 Å². The highest BCUT2D eigenvalue weighted by atomic mass is 16.1. The molecule has 0 aliphatic rings. The highest BCUT2D eigenvalue weighted by Crippen LogP contribution is 2.04. The standard InChI is InChI=1S/C13H20N2O/c14-9-5-11-15-10-4-8-13(16)12-6-2-1-3-7-12/h1-3,6-7,15H,4-5,8-11,14H2. The minimum Gasteiger partial charge on any atom is -0.330 e. The number of carbonyl (C=O) groups is 1. The summed E-state index contributed by atoms with van der Waals surface area (Å²) in [7, 11) is 0. The molecule has 3 N–H and O–H groups in total. The van der Waals surface area contributed by atoms with Crippen LogP contribution in [0.2, 0.25) is 0 Å². The second kappa shape index (κ2) is 8.02. The van der Waals surface area contributed by atoms with E-state index in [9.17, 15) is 4.79 Å². The van der Waals surface area contributed by atoms with Crippen molar-refractivity contribution in [3.8, 4) is 0 Å². The van der Waals surface area contributed by atoms with E-state index in [-0.39, 0.29) is 5.78 Å². The first-order valence-corrected chi connectivity index (χ1v) is 5.83. The Morgan fingerprint density at radius 1 is 1.12 bits per heavy atom. The Labute approximate surface area is 97.0 Å². The van der Waals surface area contributed by atoms with E-state index in [0.717, 1.165) is 38.0 Å². The third-order valence-corrected chi connectivity index (χ3v) is 2.41. The smallest absolute Gasteiger partial charge is 0.162 e. The van der Waals surface area contributed by atoms with Crippen LogP contribution in [-0.4, -0.2) is 25.4 Å². The predicted molar refractivity (Wildman–Crippen MR) is 66.5 cm³/mol. The minimum absolute atomic E-state index is 0.223. The summed E-state index contributed by atoms with van der Waals surface area (Å²) in [5, 5.41) is 3.26. The van der Waals surface area contributed by atoms with Crippen molar-refractivity contribution in [1.29, 1.82) is 0 Å². The average molecular weight is 220 g/mol. The van der Waals surface area contributed by atoms with E-state index in [1.165, 1.54) is 0 Å². The molecule has 0 saturated heterocycles.